The molecule has 1 aromatic carbocycles. The molecule has 0 unspecified atom stereocenters. The Labute approximate surface area is 129 Å². The number of Topliss-reactive ketones (excluding diaryl/α,β-unsaturated/α-hetero) is 1. The van der Waals surface area contributed by atoms with Gasteiger partial charge in [0.15, 0.2) is 11.6 Å². The first kappa shape index (κ1) is 15.8. The number of ketones is 1. The molecule has 0 amide bonds. The molecule has 0 saturated heterocycles. The highest BCUT2D eigenvalue weighted by molar-refractivity contribution is 5.95. The second-order valence-corrected chi connectivity index (χ2v) is 4.70. The molecule has 7 nitrogen and oxygen atoms in total. The lowest BCUT2D eigenvalue weighted by Crippen LogP contribution is -2.08. The molecule has 0 radical (unpaired) electrons. The number of carbonyl (C=O) groups is 1. The maximum Gasteiger partial charge on any atom is 0.249 e. The second-order valence-electron chi connectivity index (χ2n) is 4.70. The quantitative estimate of drug-likeness (QED) is 0.571. The number of rotatable bonds is 8. The number of methoxy groups -OCH3 is 1. The van der Waals surface area contributed by atoms with Crippen LogP contribution >= 0.6 is 0 Å². The fourth-order valence-corrected chi connectivity index (χ4v) is 1.82. The number of aromatic nitrogens is 3. The minimum Gasteiger partial charge on any atom is -0.385 e. The minimum atomic E-state index is 0.0104. The highest BCUT2D eigenvalue weighted by Gasteiger charge is 2.04. The van der Waals surface area contributed by atoms with Crippen molar-refractivity contribution in [2.75, 3.05) is 30.9 Å². The summed E-state index contributed by atoms with van der Waals surface area (Å²) in [6.07, 6.45) is 2.44. The van der Waals surface area contributed by atoms with E-state index in [-0.39, 0.29) is 5.78 Å². The molecular formula is C15H19N5O2. The molecule has 0 bridgehead atoms. The first-order chi connectivity index (χ1) is 10.7. The third-order valence-electron chi connectivity index (χ3n) is 2.92. The molecular weight excluding hydrogens is 282 g/mol. The zero-order chi connectivity index (χ0) is 15.8. The van der Waals surface area contributed by atoms with Crippen LogP contribution in [0.3, 0.4) is 0 Å². The summed E-state index contributed by atoms with van der Waals surface area (Å²) in [7, 11) is 1.67. The van der Waals surface area contributed by atoms with Gasteiger partial charge in [-0.05, 0) is 25.5 Å². The van der Waals surface area contributed by atoms with E-state index in [0.29, 0.717) is 23.9 Å². The van der Waals surface area contributed by atoms with Crippen molar-refractivity contribution in [1.29, 1.82) is 0 Å². The molecule has 0 saturated carbocycles. The van der Waals surface area contributed by atoms with E-state index in [2.05, 4.69) is 25.8 Å². The molecule has 0 aliphatic heterocycles. The van der Waals surface area contributed by atoms with Crippen LogP contribution < -0.4 is 10.6 Å². The van der Waals surface area contributed by atoms with Gasteiger partial charge in [-0.25, -0.2) is 0 Å². The lowest BCUT2D eigenvalue weighted by atomic mass is 10.1. The van der Waals surface area contributed by atoms with E-state index in [1.165, 1.54) is 6.92 Å². The van der Waals surface area contributed by atoms with Gasteiger partial charge < -0.3 is 15.4 Å². The van der Waals surface area contributed by atoms with Crippen LogP contribution in [-0.2, 0) is 4.74 Å². The van der Waals surface area contributed by atoms with Gasteiger partial charge in [-0.15, -0.1) is 5.10 Å². The average Bonchev–Trinajstić information content (AvgIpc) is 2.52. The van der Waals surface area contributed by atoms with Crippen LogP contribution in [0.1, 0.15) is 23.7 Å². The van der Waals surface area contributed by atoms with E-state index >= 15 is 0 Å². The van der Waals surface area contributed by atoms with Gasteiger partial charge >= 0.3 is 0 Å². The first-order valence-corrected chi connectivity index (χ1v) is 6.99. The summed E-state index contributed by atoms with van der Waals surface area (Å²) in [6.45, 7) is 2.96. The van der Waals surface area contributed by atoms with Crippen LogP contribution in [0.4, 0.5) is 17.5 Å². The fourth-order valence-electron chi connectivity index (χ4n) is 1.82. The van der Waals surface area contributed by atoms with Crippen molar-refractivity contribution in [2.24, 2.45) is 0 Å². The van der Waals surface area contributed by atoms with Crippen molar-refractivity contribution in [3.05, 3.63) is 36.0 Å². The number of hydrogen-bond donors (Lipinski definition) is 2. The van der Waals surface area contributed by atoms with Crippen LogP contribution in [0.5, 0.6) is 0 Å². The molecule has 1 heterocycles. The third-order valence-corrected chi connectivity index (χ3v) is 2.92. The summed E-state index contributed by atoms with van der Waals surface area (Å²) in [4.78, 5) is 15.7. The minimum absolute atomic E-state index is 0.0104. The van der Waals surface area contributed by atoms with Gasteiger partial charge in [0.05, 0.1) is 6.20 Å². The van der Waals surface area contributed by atoms with E-state index in [9.17, 15) is 4.79 Å². The van der Waals surface area contributed by atoms with Gasteiger partial charge in [-0.2, -0.15) is 10.1 Å². The number of hydrogen-bond acceptors (Lipinski definition) is 7. The molecule has 2 rings (SSSR count). The monoisotopic (exact) mass is 301 g/mol. The van der Waals surface area contributed by atoms with Crippen LogP contribution in [-0.4, -0.2) is 41.2 Å². The number of nitrogens with zero attached hydrogens (tertiary/aromatic N) is 3. The summed E-state index contributed by atoms with van der Waals surface area (Å²) < 4.78 is 4.98. The maximum absolute atomic E-state index is 11.4. The van der Waals surface area contributed by atoms with E-state index < -0.39 is 0 Å². The van der Waals surface area contributed by atoms with Crippen molar-refractivity contribution in [2.45, 2.75) is 13.3 Å². The van der Waals surface area contributed by atoms with E-state index in [1.807, 2.05) is 6.07 Å². The normalized spacial score (nSPS) is 10.3. The van der Waals surface area contributed by atoms with Crippen molar-refractivity contribution in [3.63, 3.8) is 0 Å². The molecule has 0 fully saturated rings. The van der Waals surface area contributed by atoms with Crippen molar-refractivity contribution in [3.8, 4) is 0 Å². The first-order valence-electron chi connectivity index (χ1n) is 6.99. The molecule has 7 heteroatoms. The topological polar surface area (TPSA) is 89.0 Å². The van der Waals surface area contributed by atoms with Gasteiger partial charge in [0.2, 0.25) is 5.95 Å². The Kier molecular flexibility index (Phi) is 5.79. The van der Waals surface area contributed by atoms with Gasteiger partial charge in [0.25, 0.3) is 0 Å². The predicted octanol–water partition coefficient (Wildman–Crippen LogP) is 2.27. The van der Waals surface area contributed by atoms with Crippen molar-refractivity contribution < 1.29 is 9.53 Å². The van der Waals surface area contributed by atoms with E-state index in [0.717, 1.165) is 18.7 Å². The zero-order valence-electron chi connectivity index (χ0n) is 12.7. The lowest BCUT2D eigenvalue weighted by molar-refractivity contribution is 0.101. The average molecular weight is 301 g/mol. The summed E-state index contributed by atoms with van der Waals surface area (Å²) in [5, 5.41) is 14.0. The molecule has 0 spiro atoms. The summed E-state index contributed by atoms with van der Waals surface area (Å²) in [6, 6.07) is 7.17. The Morgan fingerprint density at radius 3 is 3.00 bits per heavy atom. The standard InChI is InChI=1S/C15H19N5O2/c1-11(21)12-5-3-6-13(9-12)18-15-19-14(10-17-20-15)16-7-4-8-22-2/h3,5-6,9-10H,4,7-8H2,1-2H3,(H2,16,18,19,20). The Morgan fingerprint density at radius 1 is 1.36 bits per heavy atom. The van der Waals surface area contributed by atoms with E-state index in [4.69, 9.17) is 4.74 Å². The molecule has 0 atom stereocenters. The molecule has 0 aliphatic carbocycles. The summed E-state index contributed by atoms with van der Waals surface area (Å²) in [5.41, 5.74) is 1.37. The number of benzene rings is 1. The Morgan fingerprint density at radius 2 is 2.23 bits per heavy atom. The summed E-state index contributed by atoms with van der Waals surface area (Å²) in [5.74, 6) is 1.02. The second kappa shape index (κ2) is 8.04. The van der Waals surface area contributed by atoms with Crippen molar-refractivity contribution >= 4 is 23.2 Å². The molecule has 0 aliphatic rings. The Bertz CT molecular complexity index is 633. The van der Waals surface area contributed by atoms with Crippen molar-refractivity contribution in [1.82, 2.24) is 15.2 Å². The Hall–Kier alpha value is -2.54. The highest BCUT2D eigenvalue weighted by atomic mass is 16.5. The van der Waals surface area contributed by atoms with Gasteiger partial charge in [0, 0.05) is 31.5 Å². The van der Waals surface area contributed by atoms with Crippen LogP contribution in [0.15, 0.2) is 30.5 Å². The highest BCUT2D eigenvalue weighted by Crippen LogP contribution is 2.15. The lowest BCUT2D eigenvalue weighted by Gasteiger charge is -2.08. The van der Waals surface area contributed by atoms with Gasteiger partial charge in [0.1, 0.15) is 0 Å². The predicted molar refractivity (Wildman–Crippen MR) is 84.5 cm³/mol. The number of ether oxygens (including phenoxy) is 1. The zero-order valence-corrected chi connectivity index (χ0v) is 12.7. The van der Waals surface area contributed by atoms with Crippen LogP contribution in [0.2, 0.25) is 0 Å². The molecule has 116 valence electrons. The number of nitrogens with one attached hydrogen (secondary N) is 2. The molecule has 1 aromatic heterocycles. The maximum atomic E-state index is 11.4. The number of carbonyl (C=O) groups excluding carboxylic acids is 1. The molecule has 2 N–H and O–H groups in total. The third kappa shape index (κ3) is 4.78. The van der Waals surface area contributed by atoms with Crippen LogP contribution in [0.25, 0.3) is 0 Å². The van der Waals surface area contributed by atoms with Crippen LogP contribution in [0, 0.1) is 0 Å². The number of anilines is 3. The Balaban J connectivity index is 2.00. The molecule has 22 heavy (non-hydrogen) atoms. The largest absolute Gasteiger partial charge is 0.385 e. The SMILES string of the molecule is COCCCNc1cnnc(Nc2cccc(C(C)=O)c2)n1. The van der Waals surface area contributed by atoms with Gasteiger partial charge in [-0.1, -0.05) is 12.1 Å². The smallest absolute Gasteiger partial charge is 0.249 e. The molecule has 2 aromatic rings. The summed E-state index contributed by atoms with van der Waals surface area (Å²) >= 11 is 0. The fraction of sp³-hybridized carbons (Fsp3) is 0.333. The van der Waals surface area contributed by atoms with E-state index in [1.54, 1.807) is 31.5 Å². The van der Waals surface area contributed by atoms with Gasteiger partial charge in [-0.3, -0.25) is 4.79 Å².